The third-order valence-corrected chi connectivity index (χ3v) is 2.82. The molecule has 3 heteroatoms. The average molecular weight is 227 g/mol. The van der Waals surface area contributed by atoms with E-state index in [-0.39, 0.29) is 0 Å². The molecule has 0 atom stereocenters. The first kappa shape index (κ1) is 11.3. The summed E-state index contributed by atoms with van der Waals surface area (Å²) in [4.78, 5) is 15.0. The van der Waals surface area contributed by atoms with Crippen LogP contribution in [-0.2, 0) is 6.42 Å². The number of carbonyl (C=O) groups is 1. The van der Waals surface area contributed by atoms with Gasteiger partial charge < -0.3 is 5.11 Å². The van der Waals surface area contributed by atoms with Gasteiger partial charge in [0.05, 0.1) is 5.56 Å². The van der Waals surface area contributed by atoms with Gasteiger partial charge in [0.15, 0.2) is 0 Å². The van der Waals surface area contributed by atoms with Crippen molar-refractivity contribution in [3.8, 4) is 0 Å². The van der Waals surface area contributed by atoms with Gasteiger partial charge in [0.25, 0.3) is 0 Å². The van der Waals surface area contributed by atoms with E-state index in [2.05, 4.69) is 4.98 Å². The topological polar surface area (TPSA) is 50.2 Å². The van der Waals surface area contributed by atoms with Gasteiger partial charge in [-0.25, -0.2) is 4.79 Å². The Morgan fingerprint density at radius 2 is 1.94 bits per heavy atom. The highest BCUT2D eigenvalue weighted by atomic mass is 16.4. The molecule has 0 aliphatic heterocycles. The molecule has 2 aromatic rings. The number of hydrogen-bond acceptors (Lipinski definition) is 2. The Kier molecular flexibility index (Phi) is 3.19. The number of aromatic carboxylic acids is 1. The Hall–Kier alpha value is -2.16. The zero-order chi connectivity index (χ0) is 12.3. The maximum atomic E-state index is 11.0. The van der Waals surface area contributed by atoms with Crippen molar-refractivity contribution in [1.29, 1.82) is 0 Å². The molecule has 1 N–H and O–H groups in total. The highest BCUT2D eigenvalue weighted by Gasteiger charge is 2.09. The Balaban J connectivity index is 2.34. The van der Waals surface area contributed by atoms with Gasteiger partial charge in [0.2, 0.25) is 0 Å². The van der Waals surface area contributed by atoms with Crippen molar-refractivity contribution >= 4 is 5.97 Å². The van der Waals surface area contributed by atoms with Crippen LogP contribution in [-0.4, -0.2) is 16.1 Å². The van der Waals surface area contributed by atoms with Crippen LogP contribution in [0, 0.1) is 6.92 Å². The zero-order valence-electron chi connectivity index (χ0n) is 9.55. The van der Waals surface area contributed by atoms with E-state index in [9.17, 15) is 4.79 Å². The van der Waals surface area contributed by atoms with Gasteiger partial charge in [-0.15, -0.1) is 0 Å². The van der Waals surface area contributed by atoms with Gasteiger partial charge in [-0.1, -0.05) is 12.1 Å². The van der Waals surface area contributed by atoms with Crippen LogP contribution in [0.15, 0.2) is 42.7 Å². The monoisotopic (exact) mass is 227 g/mol. The third kappa shape index (κ3) is 2.50. The lowest BCUT2D eigenvalue weighted by Gasteiger charge is -2.08. The molecule has 0 amide bonds. The molecular weight excluding hydrogens is 214 g/mol. The van der Waals surface area contributed by atoms with Gasteiger partial charge in [-0.2, -0.15) is 0 Å². The summed E-state index contributed by atoms with van der Waals surface area (Å²) in [5.74, 6) is -0.876. The lowest BCUT2D eigenvalue weighted by atomic mass is 9.97. The minimum absolute atomic E-state index is 0.372. The van der Waals surface area contributed by atoms with Crippen LogP contribution >= 0.6 is 0 Å². The molecule has 1 aromatic heterocycles. The zero-order valence-corrected chi connectivity index (χ0v) is 9.55. The standard InChI is InChI=1S/C14H13NO2/c1-10-12(3-2-4-13(10)14(16)17)9-11-5-7-15-8-6-11/h2-8H,9H2,1H3,(H,16,17). The van der Waals surface area contributed by atoms with Crippen molar-refractivity contribution in [3.05, 3.63) is 65.0 Å². The van der Waals surface area contributed by atoms with Crippen molar-refractivity contribution in [2.24, 2.45) is 0 Å². The summed E-state index contributed by atoms with van der Waals surface area (Å²) in [5, 5.41) is 9.05. The van der Waals surface area contributed by atoms with Gasteiger partial charge >= 0.3 is 5.97 Å². The third-order valence-electron chi connectivity index (χ3n) is 2.82. The second-order valence-electron chi connectivity index (χ2n) is 3.93. The average Bonchev–Trinajstić information content (AvgIpc) is 2.33. The maximum Gasteiger partial charge on any atom is 0.335 e. The fourth-order valence-corrected chi connectivity index (χ4v) is 1.83. The molecule has 86 valence electrons. The number of rotatable bonds is 3. The highest BCUT2D eigenvalue weighted by Crippen LogP contribution is 2.17. The first-order chi connectivity index (χ1) is 8.18. The van der Waals surface area contributed by atoms with Gasteiger partial charge in [-0.3, -0.25) is 4.98 Å². The summed E-state index contributed by atoms with van der Waals surface area (Å²) < 4.78 is 0. The van der Waals surface area contributed by atoms with Gasteiger partial charge in [-0.05, 0) is 48.2 Å². The van der Waals surface area contributed by atoms with E-state index in [1.54, 1.807) is 24.5 Å². The van der Waals surface area contributed by atoms with E-state index in [0.717, 1.165) is 23.1 Å². The van der Waals surface area contributed by atoms with Crippen LogP contribution in [0.4, 0.5) is 0 Å². The number of pyridine rings is 1. The van der Waals surface area contributed by atoms with Gasteiger partial charge in [0.1, 0.15) is 0 Å². The largest absolute Gasteiger partial charge is 0.478 e. The molecule has 0 bridgehead atoms. The van der Waals surface area contributed by atoms with E-state index in [4.69, 9.17) is 5.11 Å². The lowest BCUT2D eigenvalue weighted by molar-refractivity contribution is 0.0696. The van der Waals surface area contributed by atoms with Crippen molar-refractivity contribution in [3.63, 3.8) is 0 Å². The molecule has 0 saturated heterocycles. The maximum absolute atomic E-state index is 11.0. The van der Waals surface area contributed by atoms with E-state index in [1.807, 2.05) is 25.1 Å². The molecule has 0 aliphatic rings. The van der Waals surface area contributed by atoms with Crippen LogP contribution in [0.2, 0.25) is 0 Å². The molecule has 0 saturated carbocycles. The minimum Gasteiger partial charge on any atom is -0.478 e. The molecule has 1 aromatic carbocycles. The molecule has 0 unspecified atom stereocenters. The first-order valence-electron chi connectivity index (χ1n) is 5.39. The van der Waals surface area contributed by atoms with Gasteiger partial charge in [0, 0.05) is 12.4 Å². The molecule has 0 spiro atoms. The number of nitrogens with zero attached hydrogens (tertiary/aromatic N) is 1. The number of hydrogen-bond donors (Lipinski definition) is 1. The molecule has 1 heterocycles. The summed E-state index contributed by atoms with van der Waals surface area (Å²) in [7, 11) is 0. The summed E-state index contributed by atoms with van der Waals surface area (Å²) >= 11 is 0. The molecule has 0 aliphatic carbocycles. The molecule has 2 rings (SSSR count). The van der Waals surface area contributed by atoms with E-state index < -0.39 is 5.97 Å². The minimum atomic E-state index is -0.876. The lowest BCUT2D eigenvalue weighted by Crippen LogP contribution is -2.03. The Bertz CT molecular complexity index is 535. The summed E-state index contributed by atoms with van der Waals surface area (Å²) in [6.45, 7) is 1.85. The second kappa shape index (κ2) is 4.78. The van der Waals surface area contributed by atoms with E-state index >= 15 is 0 Å². The number of benzene rings is 1. The molecule has 0 radical (unpaired) electrons. The molecule has 0 fully saturated rings. The quantitative estimate of drug-likeness (QED) is 0.877. The van der Waals surface area contributed by atoms with Crippen molar-refractivity contribution in [2.75, 3.05) is 0 Å². The van der Waals surface area contributed by atoms with Crippen LogP contribution < -0.4 is 0 Å². The molecular formula is C14H13NO2. The van der Waals surface area contributed by atoms with E-state index in [1.165, 1.54) is 0 Å². The summed E-state index contributed by atoms with van der Waals surface area (Å²) in [6.07, 6.45) is 4.22. The Labute approximate surface area is 99.8 Å². The van der Waals surface area contributed by atoms with Crippen LogP contribution in [0.25, 0.3) is 0 Å². The molecule has 17 heavy (non-hydrogen) atoms. The highest BCUT2D eigenvalue weighted by molar-refractivity contribution is 5.89. The predicted molar refractivity (Wildman–Crippen MR) is 65.2 cm³/mol. The number of carboxylic acid groups (broad SMARTS) is 1. The van der Waals surface area contributed by atoms with Crippen molar-refractivity contribution in [1.82, 2.24) is 4.98 Å². The van der Waals surface area contributed by atoms with E-state index in [0.29, 0.717) is 5.56 Å². The van der Waals surface area contributed by atoms with Crippen molar-refractivity contribution < 1.29 is 9.90 Å². The number of aromatic nitrogens is 1. The Morgan fingerprint density at radius 3 is 2.59 bits per heavy atom. The predicted octanol–water partition coefficient (Wildman–Crippen LogP) is 2.68. The fraction of sp³-hybridized carbons (Fsp3) is 0.143. The Morgan fingerprint density at radius 1 is 1.24 bits per heavy atom. The molecule has 3 nitrogen and oxygen atoms in total. The van der Waals surface area contributed by atoms with Crippen molar-refractivity contribution in [2.45, 2.75) is 13.3 Å². The van der Waals surface area contributed by atoms with Crippen LogP contribution in [0.5, 0.6) is 0 Å². The van der Waals surface area contributed by atoms with Crippen LogP contribution in [0.3, 0.4) is 0 Å². The summed E-state index contributed by atoms with van der Waals surface area (Å²) in [5.41, 5.74) is 3.37. The first-order valence-corrected chi connectivity index (χ1v) is 5.39. The second-order valence-corrected chi connectivity index (χ2v) is 3.93. The smallest absolute Gasteiger partial charge is 0.335 e. The SMILES string of the molecule is Cc1c(Cc2ccncc2)cccc1C(=O)O. The fourth-order valence-electron chi connectivity index (χ4n) is 1.83. The number of carboxylic acids is 1. The summed E-state index contributed by atoms with van der Waals surface area (Å²) in [6, 6.07) is 9.25. The van der Waals surface area contributed by atoms with Crippen LogP contribution in [0.1, 0.15) is 27.0 Å². The normalized spacial score (nSPS) is 10.2.